The van der Waals surface area contributed by atoms with Crippen LogP contribution in [0.1, 0.15) is 16.8 Å². The molecule has 1 heterocycles. The van der Waals surface area contributed by atoms with E-state index >= 15 is 0 Å². The van der Waals surface area contributed by atoms with Crippen LogP contribution in [-0.2, 0) is 9.59 Å². The highest BCUT2D eigenvalue weighted by Crippen LogP contribution is 2.31. The highest BCUT2D eigenvalue weighted by Gasteiger charge is 2.37. The van der Waals surface area contributed by atoms with Gasteiger partial charge in [-0.3, -0.25) is 14.4 Å². The molecule has 88 valence electrons. The van der Waals surface area contributed by atoms with Gasteiger partial charge in [-0.05, 0) is 12.1 Å². The highest BCUT2D eigenvalue weighted by atomic mass is 19.1. The molecule has 0 saturated heterocycles. The van der Waals surface area contributed by atoms with E-state index in [9.17, 15) is 18.8 Å². The predicted octanol–water partition coefficient (Wildman–Crippen LogP) is 0.830. The summed E-state index contributed by atoms with van der Waals surface area (Å²) in [6.45, 7) is -0.214. The number of rotatable bonds is 3. The maximum atomic E-state index is 13.5. The van der Waals surface area contributed by atoms with Crippen LogP contribution in [0.15, 0.2) is 18.2 Å². The molecule has 0 radical (unpaired) electrons. The molecule has 1 amide bonds. The summed E-state index contributed by atoms with van der Waals surface area (Å²) >= 11 is 0. The van der Waals surface area contributed by atoms with Crippen molar-refractivity contribution in [3.63, 3.8) is 0 Å². The minimum atomic E-state index is -1.12. The zero-order valence-electron chi connectivity index (χ0n) is 8.64. The van der Waals surface area contributed by atoms with Gasteiger partial charge in [0.25, 0.3) is 11.7 Å². The number of ketones is 1. The Morgan fingerprint density at radius 3 is 2.71 bits per heavy atom. The second-order valence-corrected chi connectivity index (χ2v) is 3.57. The number of hydrogen-bond acceptors (Lipinski definition) is 3. The molecule has 0 spiro atoms. The van der Waals surface area contributed by atoms with Gasteiger partial charge in [-0.15, -0.1) is 0 Å². The van der Waals surface area contributed by atoms with E-state index in [-0.39, 0.29) is 24.2 Å². The highest BCUT2D eigenvalue weighted by molar-refractivity contribution is 6.52. The zero-order valence-corrected chi connectivity index (χ0v) is 8.64. The maximum Gasteiger partial charge on any atom is 0.305 e. The lowest BCUT2D eigenvalue weighted by Gasteiger charge is -2.15. The van der Waals surface area contributed by atoms with E-state index in [2.05, 4.69) is 0 Å². The minimum Gasteiger partial charge on any atom is -0.481 e. The van der Waals surface area contributed by atoms with Gasteiger partial charge in [0.15, 0.2) is 0 Å². The lowest BCUT2D eigenvalue weighted by Crippen LogP contribution is -2.32. The number of benzene rings is 1. The van der Waals surface area contributed by atoms with Crippen molar-refractivity contribution < 1.29 is 23.9 Å². The van der Waals surface area contributed by atoms with Crippen LogP contribution in [-0.4, -0.2) is 29.3 Å². The van der Waals surface area contributed by atoms with Gasteiger partial charge in [0.05, 0.1) is 17.7 Å². The first-order valence-electron chi connectivity index (χ1n) is 4.89. The smallest absolute Gasteiger partial charge is 0.305 e. The summed E-state index contributed by atoms with van der Waals surface area (Å²) in [5, 5.41) is 8.53. The van der Waals surface area contributed by atoms with Crippen LogP contribution in [0.4, 0.5) is 10.1 Å². The Kier molecular flexibility index (Phi) is 2.63. The molecule has 17 heavy (non-hydrogen) atoms. The molecule has 1 aliphatic heterocycles. The SMILES string of the molecule is O=C(O)CCN1C(=O)C(=O)c2cccc(F)c21. The van der Waals surface area contributed by atoms with Crippen molar-refractivity contribution in [1.82, 2.24) is 0 Å². The zero-order chi connectivity index (χ0) is 12.6. The second kappa shape index (κ2) is 3.97. The number of carbonyl (C=O) groups excluding carboxylic acids is 2. The Morgan fingerprint density at radius 1 is 1.35 bits per heavy atom. The number of carboxylic acid groups (broad SMARTS) is 1. The second-order valence-electron chi connectivity index (χ2n) is 3.57. The molecule has 0 atom stereocenters. The number of fused-ring (bicyclic) bond motifs is 1. The normalized spacial score (nSPS) is 14.1. The summed E-state index contributed by atoms with van der Waals surface area (Å²) < 4.78 is 13.5. The lowest BCUT2D eigenvalue weighted by molar-refractivity contribution is -0.136. The van der Waals surface area contributed by atoms with Gasteiger partial charge in [-0.25, -0.2) is 4.39 Å². The summed E-state index contributed by atoms with van der Waals surface area (Å²) in [5.41, 5.74) is -0.135. The van der Waals surface area contributed by atoms with Crippen molar-refractivity contribution in [2.24, 2.45) is 0 Å². The molecule has 5 nitrogen and oxygen atoms in total. The van der Waals surface area contributed by atoms with E-state index < -0.39 is 23.5 Å². The average Bonchev–Trinajstić information content (AvgIpc) is 2.52. The molecule has 6 heteroatoms. The molecule has 1 aromatic rings. The molecule has 0 aliphatic carbocycles. The number of hydrogen-bond donors (Lipinski definition) is 1. The summed E-state index contributed by atoms with van der Waals surface area (Å²) in [5.74, 6) is -3.50. The maximum absolute atomic E-state index is 13.5. The van der Waals surface area contributed by atoms with Crippen molar-refractivity contribution in [1.29, 1.82) is 0 Å². The first-order valence-corrected chi connectivity index (χ1v) is 4.89. The fraction of sp³-hybridized carbons (Fsp3) is 0.182. The Bertz CT molecular complexity index is 526. The molecule has 2 rings (SSSR count). The third-order valence-corrected chi connectivity index (χ3v) is 2.49. The van der Waals surface area contributed by atoms with Gasteiger partial charge in [0.1, 0.15) is 5.82 Å². The third kappa shape index (κ3) is 1.77. The van der Waals surface area contributed by atoms with Gasteiger partial charge in [0.2, 0.25) is 0 Å². The first-order chi connectivity index (χ1) is 8.02. The lowest BCUT2D eigenvalue weighted by atomic mass is 10.1. The van der Waals surface area contributed by atoms with Gasteiger partial charge < -0.3 is 10.0 Å². The van der Waals surface area contributed by atoms with Crippen molar-refractivity contribution in [3.8, 4) is 0 Å². The van der Waals surface area contributed by atoms with Crippen LogP contribution in [0.3, 0.4) is 0 Å². The average molecular weight is 237 g/mol. The van der Waals surface area contributed by atoms with Crippen LogP contribution in [0.2, 0.25) is 0 Å². The molecular formula is C11H8FNO4. The van der Waals surface area contributed by atoms with Crippen LogP contribution in [0.25, 0.3) is 0 Å². The predicted molar refractivity (Wildman–Crippen MR) is 55.3 cm³/mol. The van der Waals surface area contributed by atoms with Crippen LogP contribution in [0.5, 0.6) is 0 Å². The summed E-state index contributed by atoms with van der Waals surface area (Å²) in [4.78, 5) is 34.3. The van der Waals surface area contributed by atoms with Crippen LogP contribution < -0.4 is 4.90 Å². The number of nitrogens with zero attached hydrogens (tertiary/aromatic N) is 1. The molecule has 0 bridgehead atoms. The van der Waals surface area contributed by atoms with Crippen molar-refractivity contribution in [2.45, 2.75) is 6.42 Å². The molecule has 0 aromatic heterocycles. The minimum absolute atomic E-state index is 0.0135. The molecular weight excluding hydrogens is 229 g/mol. The van der Waals surface area contributed by atoms with E-state index in [0.717, 1.165) is 11.0 Å². The fourth-order valence-electron chi connectivity index (χ4n) is 1.73. The van der Waals surface area contributed by atoms with E-state index in [1.807, 2.05) is 0 Å². The molecule has 1 N–H and O–H groups in total. The Labute approximate surface area is 95.5 Å². The van der Waals surface area contributed by atoms with E-state index in [4.69, 9.17) is 5.11 Å². The first kappa shape index (κ1) is 11.3. The van der Waals surface area contributed by atoms with Crippen molar-refractivity contribution in [2.75, 3.05) is 11.4 Å². The van der Waals surface area contributed by atoms with Gasteiger partial charge in [-0.2, -0.15) is 0 Å². The van der Waals surface area contributed by atoms with Gasteiger partial charge >= 0.3 is 5.97 Å². The topological polar surface area (TPSA) is 74.7 Å². The Balaban J connectivity index is 2.40. The Morgan fingerprint density at radius 2 is 2.06 bits per heavy atom. The quantitative estimate of drug-likeness (QED) is 0.790. The molecule has 0 unspecified atom stereocenters. The number of carbonyl (C=O) groups is 3. The largest absolute Gasteiger partial charge is 0.481 e. The number of halogens is 1. The van der Waals surface area contributed by atoms with Crippen LogP contribution in [0, 0.1) is 5.82 Å². The number of carboxylic acids is 1. The number of Topliss-reactive ketones (excluding diaryl/α,β-unsaturated/α-hetero) is 1. The molecule has 1 aliphatic rings. The summed E-state index contributed by atoms with van der Waals surface area (Å²) in [6.07, 6.45) is -0.340. The number of amides is 1. The van der Waals surface area contributed by atoms with Gasteiger partial charge in [0, 0.05) is 6.54 Å². The third-order valence-electron chi connectivity index (χ3n) is 2.49. The van der Waals surface area contributed by atoms with Crippen molar-refractivity contribution >= 4 is 23.3 Å². The number of para-hydroxylation sites is 1. The molecule has 1 aromatic carbocycles. The van der Waals surface area contributed by atoms with Crippen molar-refractivity contribution in [3.05, 3.63) is 29.6 Å². The summed E-state index contributed by atoms with van der Waals surface area (Å²) in [7, 11) is 0. The number of aliphatic carboxylic acids is 1. The monoisotopic (exact) mass is 237 g/mol. The van der Waals surface area contributed by atoms with Crippen LogP contribution >= 0.6 is 0 Å². The number of anilines is 1. The summed E-state index contributed by atoms with van der Waals surface area (Å²) in [6, 6.07) is 3.80. The molecule has 0 fully saturated rings. The standard InChI is InChI=1S/C11H8FNO4/c12-7-3-1-2-6-9(7)13(5-4-8(14)15)11(17)10(6)16/h1-3H,4-5H2,(H,14,15). The fourth-order valence-corrected chi connectivity index (χ4v) is 1.73. The van der Waals surface area contributed by atoms with Gasteiger partial charge in [-0.1, -0.05) is 6.07 Å². The van der Waals surface area contributed by atoms with E-state index in [1.165, 1.54) is 12.1 Å². The Hall–Kier alpha value is -2.24. The molecule has 0 saturated carbocycles. The van der Waals surface area contributed by atoms with E-state index in [1.54, 1.807) is 0 Å². The van der Waals surface area contributed by atoms with E-state index in [0.29, 0.717) is 0 Å².